The minimum Gasteiger partial charge on any atom is -0.300 e. The molecule has 106 valence electrons. The van der Waals surface area contributed by atoms with Gasteiger partial charge in [-0.15, -0.1) is 21.5 Å². The molecule has 3 aromatic rings. The average molecular weight is 316 g/mol. The number of carbonyl (C=O) groups excluding carboxylic acids is 1. The van der Waals surface area contributed by atoms with Gasteiger partial charge in [-0.3, -0.25) is 4.79 Å². The second kappa shape index (κ2) is 6.11. The SMILES string of the molecule is Cc1cccc(-c2nc(CC(=O)Nc3nncs3)cs2)c1. The van der Waals surface area contributed by atoms with E-state index in [1.165, 1.54) is 16.9 Å². The molecule has 0 saturated heterocycles. The molecule has 1 N–H and O–H groups in total. The Morgan fingerprint density at radius 2 is 2.24 bits per heavy atom. The van der Waals surface area contributed by atoms with E-state index >= 15 is 0 Å². The third-order valence-corrected chi connectivity index (χ3v) is 4.31. The molecule has 7 heteroatoms. The van der Waals surface area contributed by atoms with Crippen LogP contribution in [0.2, 0.25) is 0 Å². The maximum absolute atomic E-state index is 11.9. The van der Waals surface area contributed by atoms with Gasteiger partial charge in [-0.05, 0) is 13.0 Å². The summed E-state index contributed by atoms with van der Waals surface area (Å²) in [5.41, 5.74) is 4.61. The van der Waals surface area contributed by atoms with E-state index < -0.39 is 0 Å². The first kappa shape index (κ1) is 13.8. The first-order chi connectivity index (χ1) is 10.2. The first-order valence-electron chi connectivity index (χ1n) is 6.28. The number of aryl methyl sites for hydroxylation is 1. The minimum atomic E-state index is -0.132. The lowest BCUT2D eigenvalue weighted by atomic mass is 10.1. The Labute approximate surface area is 129 Å². The number of hydrogen-bond donors (Lipinski definition) is 1. The molecular weight excluding hydrogens is 304 g/mol. The number of thiazole rings is 1. The fraction of sp³-hybridized carbons (Fsp3) is 0.143. The molecule has 0 fully saturated rings. The van der Waals surface area contributed by atoms with Crippen molar-refractivity contribution in [3.63, 3.8) is 0 Å². The molecule has 5 nitrogen and oxygen atoms in total. The van der Waals surface area contributed by atoms with E-state index in [0.29, 0.717) is 5.13 Å². The number of aromatic nitrogens is 3. The zero-order valence-corrected chi connectivity index (χ0v) is 12.9. The summed E-state index contributed by atoms with van der Waals surface area (Å²) in [6, 6.07) is 8.17. The summed E-state index contributed by atoms with van der Waals surface area (Å²) in [6.07, 6.45) is 0.238. The van der Waals surface area contributed by atoms with Crippen molar-refractivity contribution in [2.24, 2.45) is 0 Å². The zero-order valence-electron chi connectivity index (χ0n) is 11.2. The standard InChI is InChI=1S/C14H12N4OS2/c1-9-3-2-4-10(5-9)13-16-11(7-20-13)6-12(19)17-14-18-15-8-21-14/h2-5,7-8H,6H2,1H3,(H,17,18,19). The Morgan fingerprint density at radius 3 is 3.00 bits per heavy atom. The van der Waals surface area contributed by atoms with Crippen LogP contribution in [0.5, 0.6) is 0 Å². The van der Waals surface area contributed by atoms with Crippen LogP contribution in [0, 0.1) is 6.92 Å². The highest BCUT2D eigenvalue weighted by atomic mass is 32.1. The molecule has 1 amide bonds. The van der Waals surface area contributed by atoms with E-state index in [1.807, 2.05) is 30.5 Å². The molecule has 0 aliphatic rings. The topological polar surface area (TPSA) is 67.8 Å². The third kappa shape index (κ3) is 3.50. The van der Waals surface area contributed by atoms with E-state index in [-0.39, 0.29) is 12.3 Å². The predicted molar refractivity (Wildman–Crippen MR) is 84.5 cm³/mol. The highest BCUT2D eigenvalue weighted by molar-refractivity contribution is 7.13. The van der Waals surface area contributed by atoms with E-state index in [1.54, 1.807) is 16.8 Å². The summed E-state index contributed by atoms with van der Waals surface area (Å²) in [5.74, 6) is -0.132. The van der Waals surface area contributed by atoms with Crippen molar-refractivity contribution < 1.29 is 4.79 Å². The van der Waals surface area contributed by atoms with Gasteiger partial charge in [-0.1, -0.05) is 35.1 Å². The molecule has 21 heavy (non-hydrogen) atoms. The van der Waals surface area contributed by atoms with Gasteiger partial charge in [0.25, 0.3) is 0 Å². The number of amides is 1. The fourth-order valence-corrected chi connectivity index (χ4v) is 3.13. The summed E-state index contributed by atoms with van der Waals surface area (Å²) in [6.45, 7) is 2.05. The van der Waals surface area contributed by atoms with Gasteiger partial charge in [0.2, 0.25) is 11.0 Å². The van der Waals surface area contributed by atoms with Crippen molar-refractivity contribution in [1.29, 1.82) is 0 Å². The molecule has 0 unspecified atom stereocenters. The Balaban J connectivity index is 1.69. The number of rotatable bonds is 4. The van der Waals surface area contributed by atoms with Crippen molar-refractivity contribution >= 4 is 33.7 Å². The molecule has 2 aromatic heterocycles. The van der Waals surface area contributed by atoms with Crippen LogP contribution in [-0.4, -0.2) is 21.1 Å². The normalized spacial score (nSPS) is 10.5. The number of nitrogens with zero attached hydrogens (tertiary/aromatic N) is 3. The Bertz CT molecular complexity index is 752. The highest BCUT2D eigenvalue weighted by Crippen LogP contribution is 2.24. The van der Waals surface area contributed by atoms with Crippen molar-refractivity contribution in [3.8, 4) is 10.6 Å². The highest BCUT2D eigenvalue weighted by Gasteiger charge is 2.10. The van der Waals surface area contributed by atoms with Crippen molar-refractivity contribution in [2.45, 2.75) is 13.3 Å². The van der Waals surface area contributed by atoms with E-state index in [9.17, 15) is 4.79 Å². The smallest absolute Gasteiger partial charge is 0.232 e. The maximum Gasteiger partial charge on any atom is 0.232 e. The van der Waals surface area contributed by atoms with Gasteiger partial charge in [-0.25, -0.2) is 4.98 Å². The van der Waals surface area contributed by atoms with Gasteiger partial charge in [0.15, 0.2) is 0 Å². The molecule has 0 spiro atoms. The van der Waals surface area contributed by atoms with Crippen LogP contribution >= 0.6 is 22.7 Å². The molecule has 0 saturated carbocycles. The first-order valence-corrected chi connectivity index (χ1v) is 8.04. The van der Waals surface area contributed by atoms with Gasteiger partial charge >= 0.3 is 0 Å². The fourth-order valence-electron chi connectivity index (χ4n) is 1.85. The molecule has 2 heterocycles. The minimum absolute atomic E-state index is 0.132. The van der Waals surface area contributed by atoms with Crippen LogP contribution in [0.4, 0.5) is 5.13 Å². The molecule has 0 atom stereocenters. The van der Waals surface area contributed by atoms with Gasteiger partial charge in [0, 0.05) is 10.9 Å². The second-order valence-corrected chi connectivity index (χ2v) is 6.17. The molecule has 0 radical (unpaired) electrons. The summed E-state index contributed by atoms with van der Waals surface area (Å²) >= 11 is 2.84. The van der Waals surface area contributed by atoms with Crippen LogP contribution in [0.25, 0.3) is 10.6 Å². The van der Waals surface area contributed by atoms with Crippen molar-refractivity contribution in [3.05, 3.63) is 46.4 Å². The number of nitrogens with one attached hydrogen (secondary N) is 1. The largest absolute Gasteiger partial charge is 0.300 e. The molecule has 0 aliphatic heterocycles. The van der Waals surface area contributed by atoms with Crippen LogP contribution in [0.1, 0.15) is 11.3 Å². The van der Waals surface area contributed by atoms with Crippen LogP contribution in [0.15, 0.2) is 35.2 Å². The Hall–Kier alpha value is -2.12. The number of benzene rings is 1. The summed E-state index contributed by atoms with van der Waals surface area (Å²) in [4.78, 5) is 16.4. The second-order valence-electron chi connectivity index (χ2n) is 4.48. The monoisotopic (exact) mass is 316 g/mol. The lowest BCUT2D eigenvalue weighted by molar-refractivity contribution is -0.115. The molecule has 3 rings (SSSR count). The molecule has 1 aromatic carbocycles. The van der Waals surface area contributed by atoms with E-state index in [0.717, 1.165) is 16.3 Å². The average Bonchev–Trinajstić information content (AvgIpc) is 3.10. The summed E-state index contributed by atoms with van der Waals surface area (Å²) < 4.78 is 0. The maximum atomic E-state index is 11.9. The Morgan fingerprint density at radius 1 is 1.33 bits per heavy atom. The van der Waals surface area contributed by atoms with Crippen molar-refractivity contribution in [1.82, 2.24) is 15.2 Å². The van der Waals surface area contributed by atoms with Gasteiger partial charge in [0.05, 0.1) is 12.1 Å². The van der Waals surface area contributed by atoms with Gasteiger partial charge < -0.3 is 5.32 Å². The summed E-state index contributed by atoms with van der Waals surface area (Å²) in [5, 5.41) is 13.5. The van der Waals surface area contributed by atoms with Crippen molar-refractivity contribution in [2.75, 3.05) is 5.32 Å². The predicted octanol–water partition coefficient (Wildman–Crippen LogP) is 3.15. The zero-order chi connectivity index (χ0) is 14.7. The molecule has 0 bridgehead atoms. The van der Waals surface area contributed by atoms with Crippen LogP contribution < -0.4 is 5.32 Å². The van der Waals surface area contributed by atoms with Gasteiger partial charge in [0.1, 0.15) is 10.5 Å². The quantitative estimate of drug-likeness (QED) is 0.803. The molecule has 0 aliphatic carbocycles. The number of carbonyl (C=O) groups is 1. The number of anilines is 1. The van der Waals surface area contributed by atoms with Gasteiger partial charge in [-0.2, -0.15) is 0 Å². The van der Waals surface area contributed by atoms with Crippen LogP contribution in [-0.2, 0) is 11.2 Å². The van der Waals surface area contributed by atoms with E-state index in [2.05, 4.69) is 26.6 Å². The third-order valence-electron chi connectivity index (χ3n) is 2.76. The number of hydrogen-bond acceptors (Lipinski definition) is 6. The Kier molecular flexibility index (Phi) is 4.03. The summed E-state index contributed by atoms with van der Waals surface area (Å²) in [7, 11) is 0. The van der Waals surface area contributed by atoms with Crippen LogP contribution in [0.3, 0.4) is 0 Å². The molecular formula is C14H12N4OS2. The lowest BCUT2D eigenvalue weighted by Gasteiger charge is -1.99. The van der Waals surface area contributed by atoms with E-state index in [4.69, 9.17) is 0 Å². The lowest BCUT2D eigenvalue weighted by Crippen LogP contribution is -2.14.